The van der Waals surface area contributed by atoms with E-state index < -0.39 is 11.7 Å². The van der Waals surface area contributed by atoms with Crippen LogP contribution in [0, 0.1) is 5.41 Å². The van der Waals surface area contributed by atoms with Crippen molar-refractivity contribution >= 4 is 0 Å². The smallest absolute Gasteiger partial charge is 0.0932 e. The van der Waals surface area contributed by atoms with Crippen LogP contribution in [0.5, 0.6) is 0 Å². The van der Waals surface area contributed by atoms with Crippen LogP contribution in [0.15, 0.2) is 12.2 Å². The minimum Gasteiger partial charge on any atom is -0.389 e. The molecule has 0 unspecified atom stereocenters. The number of aliphatic hydroxyl groups is 2. The van der Waals surface area contributed by atoms with Gasteiger partial charge in [-0.25, -0.2) is 0 Å². The van der Waals surface area contributed by atoms with Gasteiger partial charge in [-0.05, 0) is 31.3 Å². The van der Waals surface area contributed by atoms with Gasteiger partial charge in [-0.2, -0.15) is 0 Å². The Hall–Kier alpha value is -0.340. The van der Waals surface area contributed by atoms with Crippen LogP contribution in [0.2, 0.25) is 0 Å². The molecule has 0 bridgehead atoms. The lowest BCUT2D eigenvalue weighted by molar-refractivity contribution is -0.0933. The third-order valence-electron chi connectivity index (χ3n) is 4.67. The van der Waals surface area contributed by atoms with E-state index in [4.69, 9.17) is 0 Å². The van der Waals surface area contributed by atoms with Crippen molar-refractivity contribution in [1.82, 2.24) is 0 Å². The molecule has 0 aromatic carbocycles. The summed E-state index contributed by atoms with van der Waals surface area (Å²) in [6, 6.07) is 0. The molecule has 2 saturated carbocycles. The van der Waals surface area contributed by atoms with Crippen LogP contribution in [0.3, 0.4) is 0 Å². The van der Waals surface area contributed by atoms with Gasteiger partial charge in [0.1, 0.15) is 0 Å². The van der Waals surface area contributed by atoms with Gasteiger partial charge in [-0.1, -0.05) is 32.8 Å². The molecule has 0 saturated heterocycles. The molecule has 15 heavy (non-hydrogen) atoms. The van der Waals surface area contributed by atoms with E-state index in [2.05, 4.69) is 13.5 Å². The van der Waals surface area contributed by atoms with E-state index in [0.717, 1.165) is 32.1 Å². The van der Waals surface area contributed by atoms with Crippen LogP contribution in [0.4, 0.5) is 0 Å². The number of rotatable bonds is 0. The summed E-state index contributed by atoms with van der Waals surface area (Å²) in [6.07, 6.45) is 6.47. The zero-order chi connectivity index (χ0) is 11.1. The SMILES string of the molecule is C=C1[C@@H](O)CC[C@@]2(C)CCCCC[C@]12O. The van der Waals surface area contributed by atoms with Gasteiger partial charge in [-0.15, -0.1) is 0 Å². The van der Waals surface area contributed by atoms with E-state index in [1.54, 1.807) is 0 Å². The number of fused-ring (bicyclic) bond motifs is 1. The zero-order valence-electron chi connectivity index (χ0n) is 9.63. The average molecular weight is 210 g/mol. The lowest BCUT2D eigenvalue weighted by Gasteiger charge is -2.51. The van der Waals surface area contributed by atoms with E-state index in [1.807, 2.05) is 0 Å². The fraction of sp³-hybridized carbons (Fsp3) is 0.846. The molecular weight excluding hydrogens is 188 g/mol. The summed E-state index contributed by atoms with van der Waals surface area (Å²) in [6.45, 7) is 6.10. The second-order valence-corrected chi connectivity index (χ2v) is 5.56. The molecule has 0 radical (unpaired) electrons. The molecule has 86 valence electrons. The first-order valence-corrected chi connectivity index (χ1v) is 6.09. The Morgan fingerprint density at radius 1 is 1.20 bits per heavy atom. The van der Waals surface area contributed by atoms with Crippen molar-refractivity contribution < 1.29 is 10.2 Å². The Labute approximate surface area is 92.0 Å². The maximum absolute atomic E-state index is 10.8. The zero-order valence-corrected chi connectivity index (χ0v) is 9.63. The van der Waals surface area contributed by atoms with E-state index in [-0.39, 0.29) is 5.41 Å². The number of hydrogen-bond acceptors (Lipinski definition) is 2. The highest BCUT2D eigenvalue weighted by atomic mass is 16.3. The van der Waals surface area contributed by atoms with Gasteiger partial charge in [0, 0.05) is 5.41 Å². The lowest BCUT2D eigenvalue weighted by atomic mass is 9.59. The molecule has 0 spiro atoms. The van der Waals surface area contributed by atoms with E-state index >= 15 is 0 Å². The van der Waals surface area contributed by atoms with E-state index in [0.29, 0.717) is 5.57 Å². The Morgan fingerprint density at radius 3 is 2.60 bits per heavy atom. The highest BCUT2D eigenvalue weighted by Crippen LogP contribution is 2.53. The maximum Gasteiger partial charge on any atom is 0.0932 e. The van der Waals surface area contributed by atoms with Gasteiger partial charge >= 0.3 is 0 Å². The predicted molar refractivity (Wildman–Crippen MR) is 60.5 cm³/mol. The van der Waals surface area contributed by atoms with Crippen molar-refractivity contribution in [3.63, 3.8) is 0 Å². The summed E-state index contributed by atoms with van der Waals surface area (Å²) in [5.74, 6) is 0. The Balaban J connectivity index is 2.35. The third kappa shape index (κ3) is 1.55. The first-order valence-electron chi connectivity index (χ1n) is 6.09. The van der Waals surface area contributed by atoms with Crippen LogP contribution in [-0.4, -0.2) is 21.9 Å². The van der Waals surface area contributed by atoms with Crippen LogP contribution >= 0.6 is 0 Å². The van der Waals surface area contributed by atoms with E-state index in [1.165, 1.54) is 12.8 Å². The van der Waals surface area contributed by atoms with Crippen molar-refractivity contribution in [3.8, 4) is 0 Å². The second kappa shape index (κ2) is 3.60. The number of hydrogen-bond donors (Lipinski definition) is 2. The first-order chi connectivity index (χ1) is 7.00. The molecule has 0 aromatic heterocycles. The molecule has 0 aliphatic heterocycles. The topological polar surface area (TPSA) is 40.5 Å². The molecule has 0 heterocycles. The molecule has 3 atom stereocenters. The fourth-order valence-electron chi connectivity index (χ4n) is 3.37. The standard InChI is InChI=1S/C13H22O2/c1-10-11(14)6-9-12(2)7-4-3-5-8-13(10,12)15/h11,14-15H,1,3-9H2,2H3/t11-,12+,13-/m0/s1. The molecule has 2 heteroatoms. The Morgan fingerprint density at radius 2 is 1.87 bits per heavy atom. The van der Waals surface area contributed by atoms with Gasteiger partial charge < -0.3 is 10.2 Å². The Kier molecular flexibility index (Phi) is 2.68. The van der Waals surface area contributed by atoms with Crippen molar-refractivity contribution in [2.75, 3.05) is 0 Å². The summed E-state index contributed by atoms with van der Waals surface area (Å²) in [4.78, 5) is 0. The minimum absolute atomic E-state index is 0.0557. The minimum atomic E-state index is -0.818. The van der Waals surface area contributed by atoms with Gasteiger partial charge in [0.15, 0.2) is 0 Å². The average Bonchev–Trinajstić information content (AvgIpc) is 2.36. The molecule has 2 rings (SSSR count). The van der Waals surface area contributed by atoms with Crippen LogP contribution in [-0.2, 0) is 0 Å². The fourth-order valence-corrected chi connectivity index (χ4v) is 3.37. The van der Waals surface area contributed by atoms with Crippen molar-refractivity contribution in [1.29, 1.82) is 0 Å². The predicted octanol–water partition coefficient (Wildman–Crippen LogP) is 2.40. The molecule has 0 amide bonds. The summed E-state index contributed by atoms with van der Waals surface area (Å²) >= 11 is 0. The third-order valence-corrected chi connectivity index (χ3v) is 4.67. The van der Waals surface area contributed by atoms with Gasteiger partial charge in [0.25, 0.3) is 0 Å². The van der Waals surface area contributed by atoms with Crippen molar-refractivity contribution in [2.45, 2.75) is 63.6 Å². The first kappa shape index (κ1) is 11.2. The largest absolute Gasteiger partial charge is 0.389 e. The highest BCUT2D eigenvalue weighted by molar-refractivity contribution is 5.26. The quantitative estimate of drug-likeness (QED) is 0.603. The molecule has 2 nitrogen and oxygen atoms in total. The summed E-state index contributed by atoms with van der Waals surface area (Å²) < 4.78 is 0. The molecule has 2 N–H and O–H groups in total. The second-order valence-electron chi connectivity index (χ2n) is 5.56. The molecule has 2 fully saturated rings. The summed E-state index contributed by atoms with van der Waals surface area (Å²) in [7, 11) is 0. The van der Waals surface area contributed by atoms with Crippen molar-refractivity contribution in [2.24, 2.45) is 5.41 Å². The van der Waals surface area contributed by atoms with E-state index in [9.17, 15) is 10.2 Å². The van der Waals surface area contributed by atoms with Crippen LogP contribution in [0.1, 0.15) is 51.9 Å². The molecule has 2 aliphatic carbocycles. The summed E-state index contributed by atoms with van der Waals surface area (Å²) in [5.41, 5.74) is -0.209. The van der Waals surface area contributed by atoms with Crippen molar-refractivity contribution in [3.05, 3.63) is 12.2 Å². The molecule has 0 aromatic rings. The molecular formula is C13H22O2. The molecule has 2 aliphatic rings. The van der Waals surface area contributed by atoms with Gasteiger partial charge in [0.2, 0.25) is 0 Å². The van der Waals surface area contributed by atoms with Crippen LogP contribution < -0.4 is 0 Å². The normalized spacial score (nSPS) is 47.1. The number of aliphatic hydroxyl groups excluding tert-OH is 1. The maximum atomic E-state index is 10.8. The highest BCUT2D eigenvalue weighted by Gasteiger charge is 2.52. The monoisotopic (exact) mass is 210 g/mol. The summed E-state index contributed by atoms with van der Waals surface area (Å²) in [5, 5.41) is 20.6. The van der Waals surface area contributed by atoms with Gasteiger partial charge in [-0.3, -0.25) is 0 Å². The van der Waals surface area contributed by atoms with Crippen LogP contribution in [0.25, 0.3) is 0 Å². The Bertz CT molecular complexity index is 274. The lowest BCUT2D eigenvalue weighted by Crippen LogP contribution is -2.53. The van der Waals surface area contributed by atoms with Gasteiger partial charge in [0.05, 0.1) is 11.7 Å².